The Kier molecular flexibility index (Phi) is 3.40. The number of nitrogens with zero attached hydrogens (tertiary/aromatic N) is 1. The zero-order valence-corrected chi connectivity index (χ0v) is 9.37. The first-order chi connectivity index (χ1) is 8.04. The van der Waals surface area contributed by atoms with Crippen LogP contribution in [0.4, 0.5) is 0 Å². The molecule has 1 fully saturated rings. The summed E-state index contributed by atoms with van der Waals surface area (Å²) in [5.74, 6) is -1.17. The maximum atomic E-state index is 10.6. The molecule has 8 heteroatoms. The second-order valence-electron chi connectivity index (χ2n) is 3.64. The van der Waals surface area contributed by atoms with Crippen molar-refractivity contribution in [1.82, 2.24) is 4.98 Å². The van der Waals surface area contributed by atoms with E-state index in [-0.39, 0.29) is 10.7 Å². The predicted octanol–water partition coefficient (Wildman–Crippen LogP) is -1.00. The lowest BCUT2D eigenvalue weighted by Gasteiger charge is -2.11. The molecule has 0 aromatic carbocycles. The lowest BCUT2D eigenvalue weighted by molar-refractivity contribution is -0.0228. The summed E-state index contributed by atoms with van der Waals surface area (Å²) in [7, 11) is 0. The first-order valence-corrected chi connectivity index (χ1v) is 5.73. The summed E-state index contributed by atoms with van der Waals surface area (Å²) in [5.41, 5.74) is -0.136. The fourth-order valence-corrected chi connectivity index (χ4v) is 2.49. The molecule has 0 aliphatic carbocycles. The van der Waals surface area contributed by atoms with Gasteiger partial charge in [0, 0.05) is 5.38 Å². The average molecular weight is 261 g/mol. The van der Waals surface area contributed by atoms with E-state index in [1.54, 1.807) is 0 Å². The van der Waals surface area contributed by atoms with Crippen molar-refractivity contribution in [2.45, 2.75) is 24.4 Å². The van der Waals surface area contributed by atoms with Gasteiger partial charge in [-0.2, -0.15) is 0 Å². The molecule has 0 bridgehead atoms. The highest BCUT2D eigenvalue weighted by atomic mass is 32.1. The Bertz CT molecular complexity index is 421. The lowest BCUT2D eigenvalue weighted by atomic mass is 10.1. The third-order valence-corrected chi connectivity index (χ3v) is 3.43. The maximum absolute atomic E-state index is 10.6. The van der Waals surface area contributed by atoms with Gasteiger partial charge in [0.15, 0.2) is 5.69 Å². The third-order valence-electron chi connectivity index (χ3n) is 2.53. The fraction of sp³-hybridized carbons (Fsp3) is 0.556. The molecule has 1 aliphatic heterocycles. The van der Waals surface area contributed by atoms with Gasteiger partial charge in [-0.3, -0.25) is 0 Å². The number of ether oxygens (including phenoxy) is 1. The number of rotatable bonds is 3. The molecular weight excluding hydrogens is 250 g/mol. The van der Waals surface area contributed by atoms with Crippen molar-refractivity contribution in [3.8, 4) is 0 Å². The molecule has 0 spiro atoms. The molecule has 17 heavy (non-hydrogen) atoms. The van der Waals surface area contributed by atoms with Crippen LogP contribution in [0.25, 0.3) is 0 Å². The Balaban J connectivity index is 2.19. The van der Waals surface area contributed by atoms with Gasteiger partial charge in [-0.1, -0.05) is 0 Å². The molecular formula is C9H11NO6S. The highest BCUT2D eigenvalue weighted by molar-refractivity contribution is 7.09. The van der Waals surface area contributed by atoms with Gasteiger partial charge in [0.1, 0.15) is 29.4 Å². The summed E-state index contributed by atoms with van der Waals surface area (Å²) >= 11 is 1.02. The largest absolute Gasteiger partial charge is 0.476 e. The number of hydrogen-bond donors (Lipinski definition) is 4. The van der Waals surface area contributed by atoms with Crippen molar-refractivity contribution < 1.29 is 30.0 Å². The standard InChI is InChI=1S/C9H11NO6S/c11-1-4-5(12)6(13)7(16-4)8-10-3(2-17-8)9(14)15/h2,4-7,11-13H,1H2,(H,14,15)/t4-,5-,6-,7-/m1/s1. The van der Waals surface area contributed by atoms with E-state index < -0.39 is 37.0 Å². The molecule has 94 valence electrons. The van der Waals surface area contributed by atoms with E-state index in [2.05, 4.69) is 4.98 Å². The Morgan fingerprint density at radius 2 is 2.18 bits per heavy atom. The van der Waals surface area contributed by atoms with Gasteiger partial charge in [0.25, 0.3) is 0 Å². The number of aromatic carboxylic acids is 1. The number of thiazole rings is 1. The number of carbonyl (C=O) groups is 1. The van der Waals surface area contributed by atoms with Gasteiger partial charge in [0.05, 0.1) is 6.61 Å². The number of aromatic nitrogens is 1. The first kappa shape index (κ1) is 12.4. The van der Waals surface area contributed by atoms with Gasteiger partial charge >= 0.3 is 5.97 Å². The topological polar surface area (TPSA) is 120 Å². The van der Waals surface area contributed by atoms with Crippen LogP contribution < -0.4 is 0 Å². The Hall–Kier alpha value is -1.06. The summed E-state index contributed by atoms with van der Waals surface area (Å²) < 4.78 is 5.22. The Morgan fingerprint density at radius 1 is 1.47 bits per heavy atom. The van der Waals surface area contributed by atoms with E-state index in [9.17, 15) is 15.0 Å². The summed E-state index contributed by atoms with van der Waals surface area (Å²) in [6.07, 6.45) is -4.21. The molecule has 2 rings (SSSR count). The van der Waals surface area contributed by atoms with Gasteiger partial charge in [-0.25, -0.2) is 9.78 Å². The molecule has 1 aliphatic rings. The Morgan fingerprint density at radius 3 is 2.65 bits per heavy atom. The quantitative estimate of drug-likeness (QED) is 0.550. The third kappa shape index (κ3) is 2.17. The molecule has 0 saturated carbocycles. The van der Waals surface area contributed by atoms with E-state index in [1.165, 1.54) is 5.38 Å². The second kappa shape index (κ2) is 4.67. The number of carboxylic acids is 1. The molecule has 1 saturated heterocycles. The second-order valence-corrected chi connectivity index (χ2v) is 4.52. The van der Waals surface area contributed by atoms with Crippen LogP contribution in [0.2, 0.25) is 0 Å². The van der Waals surface area contributed by atoms with Gasteiger partial charge < -0.3 is 25.2 Å². The fourth-order valence-electron chi connectivity index (χ4n) is 1.62. The molecule has 4 atom stereocenters. The lowest BCUT2D eigenvalue weighted by Crippen LogP contribution is -2.32. The maximum Gasteiger partial charge on any atom is 0.355 e. The van der Waals surface area contributed by atoms with Crippen LogP contribution in [-0.2, 0) is 4.74 Å². The van der Waals surface area contributed by atoms with E-state index in [0.717, 1.165) is 11.3 Å². The predicted molar refractivity (Wildman–Crippen MR) is 55.8 cm³/mol. The van der Waals surface area contributed by atoms with Crippen LogP contribution in [0.15, 0.2) is 5.38 Å². The van der Waals surface area contributed by atoms with E-state index in [0.29, 0.717) is 0 Å². The minimum Gasteiger partial charge on any atom is -0.476 e. The number of hydrogen-bond acceptors (Lipinski definition) is 7. The van der Waals surface area contributed by atoms with Gasteiger partial charge in [-0.05, 0) is 0 Å². The highest BCUT2D eigenvalue weighted by Crippen LogP contribution is 2.34. The number of aliphatic hydroxyl groups excluding tert-OH is 3. The average Bonchev–Trinajstić information content (AvgIpc) is 2.87. The molecule has 0 radical (unpaired) electrons. The van der Waals surface area contributed by atoms with Crippen LogP contribution in [0, 0.1) is 0 Å². The van der Waals surface area contributed by atoms with Crippen LogP contribution in [0.5, 0.6) is 0 Å². The minimum atomic E-state index is -1.22. The molecule has 2 heterocycles. The smallest absolute Gasteiger partial charge is 0.355 e. The van der Waals surface area contributed by atoms with Crippen LogP contribution in [0.3, 0.4) is 0 Å². The highest BCUT2D eigenvalue weighted by Gasteiger charge is 2.44. The summed E-state index contributed by atoms with van der Waals surface area (Å²) in [6.45, 7) is -0.425. The summed E-state index contributed by atoms with van der Waals surface area (Å²) in [4.78, 5) is 14.4. The van der Waals surface area contributed by atoms with Crippen molar-refractivity contribution in [2.24, 2.45) is 0 Å². The SMILES string of the molecule is O=C(O)c1csc([C@@H]2O[C@H](CO)[C@@H](O)[C@H]2O)n1. The van der Waals surface area contributed by atoms with E-state index in [1.807, 2.05) is 0 Å². The summed E-state index contributed by atoms with van der Waals surface area (Å²) in [5, 5.41) is 38.4. The van der Waals surface area contributed by atoms with Crippen molar-refractivity contribution in [3.05, 3.63) is 16.1 Å². The number of aliphatic hydroxyl groups is 3. The normalized spacial score (nSPS) is 32.9. The van der Waals surface area contributed by atoms with Crippen LogP contribution in [-0.4, -0.2) is 56.3 Å². The minimum absolute atomic E-state index is 0.136. The molecule has 0 amide bonds. The molecule has 7 nitrogen and oxygen atoms in total. The first-order valence-electron chi connectivity index (χ1n) is 4.85. The van der Waals surface area contributed by atoms with Crippen molar-refractivity contribution in [3.63, 3.8) is 0 Å². The van der Waals surface area contributed by atoms with E-state index in [4.69, 9.17) is 14.9 Å². The molecule has 1 aromatic heterocycles. The number of carboxylic acid groups (broad SMARTS) is 1. The van der Waals surface area contributed by atoms with Gasteiger partial charge in [0.2, 0.25) is 0 Å². The van der Waals surface area contributed by atoms with Gasteiger partial charge in [-0.15, -0.1) is 11.3 Å². The molecule has 4 N–H and O–H groups in total. The van der Waals surface area contributed by atoms with Crippen LogP contribution >= 0.6 is 11.3 Å². The van der Waals surface area contributed by atoms with Crippen molar-refractivity contribution in [2.75, 3.05) is 6.61 Å². The zero-order chi connectivity index (χ0) is 12.6. The van der Waals surface area contributed by atoms with Crippen molar-refractivity contribution >= 4 is 17.3 Å². The Labute approximate surface area is 99.9 Å². The monoisotopic (exact) mass is 261 g/mol. The molecule has 1 aromatic rings. The zero-order valence-electron chi connectivity index (χ0n) is 8.55. The summed E-state index contributed by atoms with van der Waals surface area (Å²) in [6, 6.07) is 0. The van der Waals surface area contributed by atoms with Crippen LogP contribution in [0.1, 0.15) is 21.6 Å². The van der Waals surface area contributed by atoms with E-state index >= 15 is 0 Å². The molecule has 0 unspecified atom stereocenters. The van der Waals surface area contributed by atoms with Crippen molar-refractivity contribution in [1.29, 1.82) is 0 Å².